The monoisotopic (exact) mass is 240 g/mol. The average molecular weight is 240 g/mol. The molecule has 0 unspecified atom stereocenters. The number of fused-ring (bicyclic) bond motifs is 1. The second-order valence-electron chi connectivity index (χ2n) is 5.54. The van der Waals surface area contributed by atoms with Gasteiger partial charge in [-0.15, -0.1) is 0 Å². The maximum atomic E-state index is 11.8. The highest BCUT2D eigenvalue weighted by Crippen LogP contribution is 2.37. The molecule has 18 heavy (non-hydrogen) atoms. The lowest BCUT2D eigenvalue weighted by Crippen LogP contribution is -2.20. The number of rotatable bonds is 1. The zero-order chi connectivity index (χ0) is 12.9. The molecule has 0 aromatic heterocycles. The molecule has 1 amide bonds. The summed E-state index contributed by atoms with van der Waals surface area (Å²) in [5.41, 5.74) is 4.31. The van der Waals surface area contributed by atoms with Crippen LogP contribution >= 0.6 is 0 Å². The molecule has 0 fully saturated rings. The molecule has 3 nitrogen and oxygen atoms in total. The summed E-state index contributed by atoms with van der Waals surface area (Å²) < 4.78 is 0. The number of nitrogens with zero attached hydrogens (tertiary/aromatic N) is 2. The first-order valence-corrected chi connectivity index (χ1v) is 6.18. The minimum absolute atomic E-state index is 0.0497. The second-order valence-corrected chi connectivity index (χ2v) is 5.54. The number of hydrogen-bond acceptors (Lipinski definition) is 2. The number of carbonyl (C=O) groups excluding carboxylic acids is 1. The molecule has 3 heteroatoms. The van der Waals surface area contributed by atoms with E-state index in [-0.39, 0.29) is 11.3 Å². The van der Waals surface area contributed by atoms with Gasteiger partial charge in [0.2, 0.25) is 0 Å². The van der Waals surface area contributed by atoms with Crippen LogP contribution in [0.15, 0.2) is 29.4 Å². The molecular formula is C15H16N2O. The van der Waals surface area contributed by atoms with E-state index in [0.717, 1.165) is 11.4 Å². The van der Waals surface area contributed by atoms with Gasteiger partial charge < -0.3 is 0 Å². The number of benzene rings is 1. The van der Waals surface area contributed by atoms with Gasteiger partial charge in [0.05, 0.1) is 12.1 Å². The topological polar surface area (TPSA) is 32.7 Å². The van der Waals surface area contributed by atoms with Crippen molar-refractivity contribution in [1.82, 2.24) is 0 Å². The van der Waals surface area contributed by atoms with E-state index in [1.165, 1.54) is 16.1 Å². The summed E-state index contributed by atoms with van der Waals surface area (Å²) in [6.45, 7) is 6.27. The van der Waals surface area contributed by atoms with E-state index in [0.29, 0.717) is 6.42 Å². The molecule has 3 rings (SSSR count). The SMILES string of the molecule is CC1=NN(c2ccc3c(c2)C=CC3(C)C)C(=O)C1. The molecule has 92 valence electrons. The molecule has 0 saturated heterocycles. The summed E-state index contributed by atoms with van der Waals surface area (Å²) >= 11 is 0. The van der Waals surface area contributed by atoms with Crippen molar-refractivity contribution in [3.63, 3.8) is 0 Å². The Hall–Kier alpha value is -1.90. The van der Waals surface area contributed by atoms with Gasteiger partial charge in [-0.3, -0.25) is 4.79 Å². The molecule has 0 saturated carbocycles. The van der Waals surface area contributed by atoms with Crippen LogP contribution in [0.4, 0.5) is 5.69 Å². The Kier molecular flexibility index (Phi) is 2.21. The van der Waals surface area contributed by atoms with Gasteiger partial charge in [-0.1, -0.05) is 32.1 Å². The Labute approximate surface area is 107 Å². The van der Waals surface area contributed by atoms with Crippen LogP contribution in [0.1, 0.15) is 38.3 Å². The molecule has 1 aromatic carbocycles. The number of allylic oxidation sites excluding steroid dienone is 1. The van der Waals surface area contributed by atoms with Crippen LogP contribution < -0.4 is 5.01 Å². The van der Waals surface area contributed by atoms with Gasteiger partial charge in [-0.2, -0.15) is 5.10 Å². The van der Waals surface area contributed by atoms with E-state index in [4.69, 9.17) is 0 Å². The summed E-state index contributed by atoms with van der Waals surface area (Å²) in [5.74, 6) is 0.0497. The molecule has 1 aliphatic heterocycles. The van der Waals surface area contributed by atoms with Gasteiger partial charge in [-0.05, 0) is 30.2 Å². The van der Waals surface area contributed by atoms with Gasteiger partial charge >= 0.3 is 0 Å². The van der Waals surface area contributed by atoms with E-state index in [9.17, 15) is 4.79 Å². The van der Waals surface area contributed by atoms with E-state index >= 15 is 0 Å². The lowest BCUT2D eigenvalue weighted by Gasteiger charge is -2.19. The summed E-state index contributed by atoms with van der Waals surface area (Å²) in [5, 5.41) is 5.79. The van der Waals surface area contributed by atoms with E-state index < -0.39 is 0 Å². The summed E-state index contributed by atoms with van der Waals surface area (Å²) in [7, 11) is 0. The zero-order valence-corrected chi connectivity index (χ0v) is 10.9. The van der Waals surface area contributed by atoms with Crippen LogP contribution in [-0.4, -0.2) is 11.6 Å². The average Bonchev–Trinajstić information content (AvgIpc) is 2.79. The van der Waals surface area contributed by atoms with Crippen molar-refractivity contribution < 1.29 is 4.79 Å². The van der Waals surface area contributed by atoms with Crippen molar-refractivity contribution in [2.24, 2.45) is 5.10 Å². The van der Waals surface area contributed by atoms with E-state index in [2.05, 4.69) is 37.2 Å². The normalized spacial score (nSPS) is 20.3. The molecule has 0 N–H and O–H groups in total. The van der Waals surface area contributed by atoms with Crippen molar-refractivity contribution in [2.45, 2.75) is 32.6 Å². The fourth-order valence-corrected chi connectivity index (χ4v) is 2.55. The lowest BCUT2D eigenvalue weighted by molar-refractivity contribution is -0.116. The third kappa shape index (κ3) is 1.58. The van der Waals surface area contributed by atoms with Crippen LogP contribution in [-0.2, 0) is 10.2 Å². The Morgan fingerprint density at radius 1 is 1.33 bits per heavy atom. The Morgan fingerprint density at radius 3 is 2.78 bits per heavy atom. The van der Waals surface area contributed by atoms with Gasteiger partial charge in [-0.25, -0.2) is 5.01 Å². The van der Waals surface area contributed by atoms with Crippen LogP contribution in [0.2, 0.25) is 0 Å². The number of amides is 1. The largest absolute Gasteiger partial charge is 0.272 e. The first kappa shape index (κ1) is 11.2. The lowest BCUT2D eigenvalue weighted by atomic mass is 9.87. The Morgan fingerprint density at radius 2 is 2.11 bits per heavy atom. The summed E-state index contributed by atoms with van der Waals surface area (Å²) in [6, 6.07) is 6.12. The van der Waals surface area contributed by atoms with Crippen LogP contribution in [0.5, 0.6) is 0 Å². The van der Waals surface area contributed by atoms with Crippen molar-refractivity contribution in [3.8, 4) is 0 Å². The highest BCUT2D eigenvalue weighted by atomic mass is 16.2. The quantitative estimate of drug-likeness (QED) is 0.742. The maximum Gasteiger partial charge on any atom is 0.253 e. The number of anilines is 1. The maximum absolute atomic E-state index is 11.8. The Bertz CT molecular complexity index is 597. The standard InChI is InChI=1S/C15H16N2O/c1-10-8-14(18)17(16-10)12-4-5-13-11(9-12)6-7-15(13,2)3/h4-7,9H,8H2,1-3H3. The smallest absolute Gasteiger partial charge is 0.253 e. The van der Waals surface area contributed by atoms with Crippen molar-refractivity contribution in [3.05, 3.63) is 35.4 Å². The molecule has 0 bridgehead atoms. The van der Waals surface area contributed by atoms with Gasteiger partial charge in [0.25, 0.3) is 5.91 Å². The molecule has 1 heterocycles. The van der Waals surface area contributed by atoms with Gasteiger partial charge in [0, 0.05) is 11.1 Å². The van der Waals surface area contributed by atoms with E-state index in [1.54, 1.807) is 0 Å². The molecule has 1 aliphatic carbocycles. The predicted octanol–water partition coefficient (Wildman–Crippen LogP) is 3.10. The zero-order valence-electron chi connectivity index (χ0n) is 10.9. The molecule has 0 atom stereocenters. The van der Waals surface area contributed by atoms with Crippen molar-refractivity contribution in [1.29, 1.82) is 0 Å². The number of carbonyl (C=O) groups is 1. The molecule has 0 radical (unpaired) electrons. The third-order valence-corrected chi connectivity index (χ3v) is 3.57. The molecular weight excluding hydrogens is 224 g/mol. The van der Waals surface area contributed by atoms with Gasteiger partial charge in [0.1, 0.15) is 0 Å². The van der Waals surface area contributed by atoms with Crippen molar-refractivity contribution >= 4 is 23.4 Å². The van der Waals surface area contributed by atoms with Crippen LogP contribution in [0.3, 0.4) is 0 Å². The fraction of sp³-hybridized carbons (Fsp3) is 0.333. The minimum Gasteiger partial charge on any atom is -0.272 e. The van der Waals surface area contributed by atoms with Crippen LogP contribution in [0, 0.1) is 0 Å². The number of hydrogen-bond donors (Lipinski definition) is 0. The summed E-state index contributed by atoms with van der Waals surface area (Å²) in [6.07, 6.45) is 4.75. The Balaban J connectivity index is 2.03. The molecule has 2 aliphatic rings. The highest BCUT2D eigenvalue weighted by Gasteiger charge is 2.27. The highest BCUT2D eigenvalue weighted by molar-refractivity contribution is 6.12. The van der Waals surface area contributed by atoms with E-state index in [1.807, 2.05) is 19.1 Å². The first-order chi connectivity index (χ1) is 8.47. The van der Waals surface area contributed by atoms with Gasteiger partial charge in [0.15, 0.2) is 0 Å². The third-order valence-electron chi connectivity index (χ3n) is 3.57. The van der Waals surface area contributed by atoms with Crippen molar-refractivity contribution in [2.75, 3.05) is 5.01 Å². The first-order valence-electron chi connectivity index (χ1n) is 6.18. The predicted molar refractivity (Wildman–Crippen MR) is 73.7 cm³/mol. The number of hydrazone groups is 1. The molecule has 0 spiro atoms. The summed E-state index contributed by atoms with van der Waals surface area (Å²) in [4.78, 5) is 11.8. The second kappa shape index (κ2) is 3.55. The van der Waals surface area contributed by atoms with Crippen LogP contribution in [0.25, 0.3) is 6.08 Å². The molecule has 1 aromatic rings. The minimum atomic E-state index is 0.0497. The fourth-order valence-electron chi connectivity index (χ4n) is 2.55.